The molecule has 2 aromatic rings. The van der Waals surface area contributed by atoms with Gasteiger partial charge in [0.05, 0.1) is 24.6 Å². The van der Waals surface area contributed by atoms with Gasteiger partial charge < -0.3 is 9.47 Å². The Hall–Kier alpha value is -2.09. The summed E-state index contributed by atoms with van der Waals surface area (Å²) in [6.07, 6.45) is 3.15. The predicted molar refractivity (Wildman–Crippen MR) is 113 cm³/mol. The topological polar surface area (TPSA) is 79.5 Å². The number of hydrogen-bond acceptors (Lipinski definition) is 5. The van der Waals surface area contributed by atoms with Crippen molar-refractivity contribution in [2.24, 2.45) is 0 Å². The van der Waals surface area contributed by atoms with Gasteiger partial charge in [-0.05, 0) is 50.8 Å². The van der Waals surface area contributed by atoms with Gasteiger partial charge in [-0.3, -0.25) is 18.7 Å². The summed E-state index contributed by atoms with van der Waals surface area (Å²) in [5.41, 5.74) is -0.0201. The van der Waals surface area contributed by atoms with Crippen LogP contribution in [0, 0.1) is 0 Å². The van der Waals surface area contributed by atoms with Crippen LogP contribution in [0.4, 0.5) is 0 Å². The van der Waals surface area contributed by atoms with Crippen LogP contribution in [0.5, 0.6) is 5.75 Å². The van der Waals surface area contributed by atoms with E-state index in [1.807, 2.05) is 0 Å². The molecule has 1 aromatic heterocycles. The van der Waals surface area contributed by atoms with E-state index in [0.29, 0.717) is 42.6 Å². The first-order chi connectivity index (χ1) is 13.5. The molecule has 0 bridgehead atoms. The summed E-state index contributed by atoms with van der Waals surface area (Å²) in [5.74, 6) is 0.314. The number of fused-ring (bicyclic) bond motifs is 1. The predicted octanol–water partition coefficient (Wildman–Crippen LogP) is 3.08. The van der Waals surface area contributed by atoms with E-state index in [2.05, 4.69) is 15.9 Å². The molecular formula is C20H27BrN2O5. The monoisotopic (exact) mass is 454 g/mol. The average Bonchev–Trinajstić information content (AvgIpc) is 2.69. The normalized spacial score (nSPS) is 11.0. The van der Waals surface area contributed by atoms with Crippen LogP contribution in [0.3, 0.4) is 0 Å². The van der Waals surface area contributed by atoms with Gasteiger partial charge in [0.2, 0.25) is 0 Å². The number of unbranched alkanes of at least 4 members (excludes halogenated alkanes) is 2. The number of benzene rings is 1. The summed E-state index contributed by atoms with van der Waals surface area (Å²) in [7, 11) is 1.54. The number of ether oxygens (including phenoxy) is 2. The fourth-order valence-electron chi connectivity index (χ4n) is 3.08. The standard InChI is InChI=1S/C20H27BrN2O5/c1-3-28-18(24)8-4-6-13-23-19(25)16-14-15(27-2)9-10-17(16)22(20(23)26)12-7-5-11-21/h9-10,14H,3-8,11-13H2,1-2H3. The van der Waals surface area contributed by atoms with E-state index in [1.54, 1.807) is 36.8 Å². The number of hydrogen-bond donors (Lipinski definition) is 0. The van der Waals surface area contributed by atoms with Gasteiger partial charge in [0, 0.05) is 24.8 Å². The number of aromatic nitrogens is 2. The Morgan fingerprint density at radius 2 is 1.79 bits per heavy atom. The number of nitrogens with zero attached hydrogens (tertiary/aromatic N) is 2. The van der Waals surface area contributed by atoms with Crippen molar-refractivity contribution < 1.29 is 14.3 Å². The summed E-state index contributed by atoms with van der Waals surface area (Å²) in [6.45, 7) is 2.92. The molecule has 1 aromatic carbocycles. The zero-order valence-corrected chi connectivity index (χ0v) is 18.0. The fraction of sp³-hybridized carbons (Fsp3) is 0.550. The first-order valence-corrected chi connectivity index (χ1v) is 10.7. The van der Waals surface area contributed by atoms with Gasteiger partial charge in [-0.15, -0.1) is 0 Å². The van der Waals surface area contributed by atoms with Crippen LogP contribution in [0.15, 0.2) is 27.8 Å². The molecule has 0 unspecified atom stereocenters. The number of carbonyl (C=O) groups is 1. The summed E-state index contributed by atoms with van der Waals surface area (Å²) in [5, 5.41) is 1.32. The molecule has 1 heterocycles. The Morgan fingerprint density at radius 1 is 1.07 bits per heavy atom. The molecule has 0 N–H and O–H groups in total. The first-order valence-electron chi connectivity index (χ1n) is 9.56. The highest BCUT2D eigenvalue weighted by Gasteiger charge is 2.14. The van der Waals surface area contributed by atoms with Crippen molar-refractivity contribution >= 4 is 32.8 Å². The zero-order valence-electron chi connectivity index (χ0n) is 16.4. The van der Waals surface area contributed by atoms with Gasteiger partial charge in [-0.25, -0.2) is 4.79 Å². The van der Waals surface area contributed by atoms with Crippen LogP contribution in [0.1, 0.15) is 39.0 Å². The van der Waals surface area contributed by atoms with Gasteiger partial charge in [0.25, 0.3) is 5.56 Å². The molecule has 7 nitrogen and oxygen atoms in total. The Bertz CT molecular complexity index is 919. The van der Waals surface area contributed by atoms with Gasteiger partial charge >= 0.3 is 11.7 Å². The molecule has 2 rings (SSSR count). The van der Waals surface area contributed by atoms with Crippen LogP contribution < -0.4 is 16.0 Å². The zero-order chi connectivity index (χ0) is 20.5. The molecule has 0 aliphatic rings. The highest BCUT2D eigenvalue weighted by Crippen LogP contribution is 2.17. The number of halogens is 1. The molecule has 8 heteroatoms. The van der Waals surface area contributed by atoms with Gasteiger partial charge in [0.1, 0.15) is 5.75 Å². The van der Waals surface area contributed by atoms with Crippen molar-refractivity contribution in [3.8, 4) is 5.75 Å². The molecule has 154 valence electrons. The molecule has 0 fully saturated rings. The van der Waals surface area contributed by atoms with Gasteiger partial charge in [0.15, 0.2) is 0 Å². The molecule has 0 radical (unpaired) electrons. The lowest BCUT2D eigenvalue weighted by atomic mass is 10.2. The quantitative estimate of drug-likeness (QED) is 0.296. The maximum absolute atomic E-state index is 13.0. The second kappa shape index (κ2) is 11.0. The summed E-state index contributed by atoms with van der Waals surface area (Å²) < 4.78 is 13.1. The highest BCUT2D eigenvalue weighted by molar-refractivity contribution is 9.09. The van der Waals surface area contributed by atoms with E-state index in [-0.39, 0.29) is 30.2 Å². The van der Waals surface area contributed by atoms with E-state index in [9.17, 15) is 14.4 Å². The number of alkyl halides is 1. The third-order valence-corrected chi connectivity index (χ3v) is 5.08. The molecule has 0 spiro atoms. The first kappa shape index (κ1) is 22.2. The van der Waals surface area contributed by atoms with E-state index >= 15 is 0 Å². The van der Waals surface area contributed by atoms with Gasteiger partial charge in [-0.2, -0.15) is 0 Å². The van der Waals surface area contributed by atoms with Crippen LogP contribution in [-0.4, -0.2) is 34.2 Å². The molecule has 0 amide bonds. The fourth-order valence-corrected chi connectivity index (χ4v) is 3.48. The van der Waals surface area contributed by atoms with Crippen molar-refractivity contribution in [1.82, 2.24) is 9.13 Å². The number of carbonyl (C=O) groups excluding carboxylic acids is 1. The van der Waals surface area contributed by atoms with Crippen molar-refractivity contribution in [3.05, 3.63) is 39.0 Å². The Morgan fingerprint density at radius 3 is 2.46 bits per heavy atom. The average molecular weight is 455 g/mol. The third kappa shape index (κ3) is 5.47. The summed E-state index contributed by atoms with van der Waals surface area (Å²) >= 11 is 3.40. The lowest BCUT2D eigenvalue weighted by molar-refractivity contribution is -0.143. The van der Waals surface area contributed by atoms with E-state index in [1.165, 1.54) is 4.57 Å². The Balaban J connectivity index is 2.34. The largest absolute Gasteiger partial charge is 0.497 e. The molecule has 0 aliphatic carbocycles. The SMILES string of the molecule is CCOC(=O)CCCCn1c(=O)c2cc(OC)ccc2n(CCCCBr)c1=O. The maximum Gasteiger partial charge on any atom is 0.331 e. The number of esters is 1. The lowest BCUT2D eigenvalue weighted by Gasteiger charge is -2.14. The minimum absolute atomic E-state index is 0.259. The molecule has 0 aliphatic heterocycles. The molecule has 0 saturated carbocycles. The Kier molecular flexibility index (Phi) is 8.76. The summed E-state index contributed by atoms with van der Waals surface area (Å²) in [6, 6.07) is 5.19. The van der Waals surface area contributed by atoms with Crippen molar-refractivity contribution in [1.29, 1.82) is 0 Å². The number of methoxy groups -OCH3 is 1. The van der Waals surface area contributed by atoms with Crippen LogP contribution in [-0.2, 0) is 22.6 Å². The van der Waals surface area contributed by atoms with Crippen LogP contribution >= 0.6 is 15.9 Å². The van der Waals surface area contributed by atoms with Crippen molar-refractivity contribution in [2.45, 2.75) is 52.1 Å². The van der Waals surface area contributed by atoms with Crippen molar-refractivity contribution in [2.75, 3.05) is 19.0 Å². The minimum Gasteiger partial charge on any atom is -0.497 e. The number of aryl methyl sites for hydroxylation is 1. The van der Waals surface area contributed by atoms with Crippen LogP contribution in [0.2, 0.25) is 0 Å². The van der Waals surface area contributed by atoms with Crippen LogP contribution in [0.25, 0.3) is 10.9 Å². The highest BCUT2D eigenvalue weighted by atomic mass is 79.9. The third-order valence-electron chi connectivity index (χ3n) is 4.52. The smallest absolute Gasteiger partial charge is 0.331 e. The number of rotatable bonds is 11. The van der Waals surface area contributed by atoms with E-state index in [0.717, 1.165) is 18.2 Å². The second-order valence-corrected chi connectivity index (χ2v) is 7.23. The molecular weight excluding hydrogens is 428 g/mol. The van der Waals surface area contributed by atoms with E-state index < -0.39 is 0 Å². The molecule has 0 atom stereocenters. The second-order valence-electron chi connectivity index (χ2n) is 6.43. The molecule has 0 saturated heterocycles. The minimum atomic E-state index is -0.327. The molecule has 28 heavy (non-hydrogen) atoms. The van der Waals surface area contributed by atoms with Crippen molar-refractivity contribution in [3.63, 3.8) is 0 Å². The maximum atomic E-state index is 13.0. The Labute approximate surface area is 172 Å². The van der Waals surface area contributed by atoms with E-state index in [4.69, 9.17) is 9.47 Å². The van der Waals surface area contributed by atoms with Gasteiger partial charge in [-0.1, -0.05) is 15.9 Å². The lowest BCUT2D eigenvalue weighted by Crippen LogP contribution is -2.40. The summed E-state index contributed by atoms with van der Waals surface area (Å²) in [4.78, 5) is 37.4.